The van der Waals surface area contributed by atoms with Gasteiger partial charge in [-0.15, -0.1) is 0 Å². The highest BCUT2D eigenvalue weighted by Crippen LogP contribution is 2.16. The zero-order valence-electron chi connectivity index (χ0n) is 10.4. The van der Waals surface area contributed by atoms with Crippen LogP contribution in [0.25, 0.3) is 0 Å². The molecule has 0 aliphatic rings. The van der Waals surface area contributed by atoms with Crippen LogP contribution in [0.3, 0.4) is 0 Å². The summed E-state index contributed by atoms with van der Waals surface area (Å²) in [5.74, 6) is 0. The van der Waals surface area contributed by atoms with E-state index in [1.54, 1.807) is 0 Å². The molecule has 0 bridgehead atoms. The standard InChI is InChI=1S/C12H26O3/c1-5-9(13)11(7-3)15-12(8-4)10(14)6-2/h9-14H,5-8H2,1-4H3. The first-order valence-electron chi connectivity index (χ1n) is 6.12. The summed E-state index contributed by atoms with van der Waals surface area (Å²) in [6.07, 6.45) is 1.79. The Balaban J connectivity index is 4.23. The Bertz CT molecular complexity index is 134. The van der Waals surface area contributed by atoms with Crippen molar-refractivity contribution in [2.24, 2.45) is 0 Å². The van der Waals surface area contributed by atoms with Crippen LogP contribution in [-0.4, -0.2) is 34.6 Å². The van der Waals surface area contributed by atoms with E-state index in [0.29, 0.717) is 12.8 Å². The van der Waals surface area contributed by atoms with Crippen LogP contribution in [0.4, 0.5) is 0 Å². The lowest BCUT2D eigenvalue weighted by molar-refractivity contribution is -0.119. The molecule has 2 N–H and O–H groups in total. The largest absolute Gasteiger partial charge is 0.390 e. The van der Waals surface area contributed by atoms with E-state index in [-0.39, 0.29) is 12.2 Å². The average Bonchev–Trinajstić information content (AvgIpc) is 2.28. The molecule has 0 aliphatic carbocycles. The summed E-state index contributed by atoms with van der Waals surface area (Å²) in [6.45, 7) is 7.87. The van der Waals surface area contributed by atoms with Crippen molar-refractivity contribution < 1.29 is 14.9 Å². The zero-order chi connectivity index (χ0) is 11.8. The second-order valence-electron chi connectivity index (χ2n) is 3.98. The maximum absolute atomic E-state index is 9.71. The minimum atomic E-state index is -0.423. The molecule has 0 rings (SSSR count). The summed E-state index contributed by atoms with van der Waals surface area (Å²) in [6, 6.07) is 0. The molecule has 15 heavy (non-hydrogen) atoms. The molecule has 92 valence electrons. The van der Waals surface area contributed by atoms with Crippen molar-refractivity contribution >= 4 is 0 Å². The molecule has 0 saturated heterocycles. The Labute approximate surface area is 93.5 Å². The van der Waals surface area contributed by atoms with E-state index in [4.69, 9.17) is 4.74 Å². The predicted octanol–water partition coefficient (Wildman–Crippen LogP) is 2.10. The molecule has 0 aromatic rings. The Morgan fingerprint density at radius 2 is 1.07 bits per heavy atom. The first-order chi connectivity index (χ1) is 7.10. The Morgan fingerprint density at radius 3 is 1.27 bits per heavy atom. The number of hydrogen-bond acceptors (Lipinski definition) is 3. The molecule has 0 fully saturated rings. The lowest BCUT2D eigenvalue weighted by atomic mass is 10.1. The molecular formula is C12H26O3. The summed E-state index contributed by atoms with van der Waals surface area (Å²) in [5, 5.41) is 19.4. The fourth-order valence-corrected chi connectivity index (χ4v) is 1.67. The highest BCUT2D eigenvalue weighted by molar-refractivity contribution is 4.72. The molecule has 0 amide bonds. The number of aliphatic hydroxyl groups excluding tert-OH is 2. The predicted molar refractivity (Wildman–Crippen MR) is 61.8 cm³/mol. The third kappa shape index (κ3) is 4.96. The van der Waals surface area contributed by atoms with E-state index in [2.05, 4.69) is 0 Å². The van der Waals surface area contributed by atoms with Crippen molar-refractivity contribution in [2.45, 2.75) is 77.8 Å². The topological polar surface area (TPSA) is 49.7 Å². The first kappa shape index (κ1) is 14.9. The van der Waals surface area contributed by atoms with E-state index in [9.17, 15) is 10.2 Å². The van der Waals surface area contributed by atoms with Gasteiger partial charge >= 0.3 is 0 Å². The van der Waals surface area contributed by atoms with Gasteiger partial charge in [0, 0.05) is 0 Å². The molecule has 0 saturated carbocycles. The number of rotatable bonds is 8. The molecule has 4 unspecified atom stereocenters. The van der Waals surface area contributed by atoms with Gasteiger partial charge in [-0.25, -0.2) is 0 Å². The number of aliphatic hydroxyl groups is 2. The number of hydrogen-bond donors (Lipinski definition) is 2. The van der Waals surface area contributed by atoms with E-state index in [1.165, 1.54) is 0 Å². The van der Waals surface area contributed by atoms with Gasteiger partial charge in [0.1, 0.15) is 0 Å². The summed E-state index contributed by atoms with van der Waals surface area (Å²) < 4.78 is 5.75. The fraction of sp³-hybridized carbons (Fsp3) is 1.00. The molecule has 3 heteroatoms. The molecule has 3 nitrogen and oxygen atoms in total. The van der Waals surface area contributed by atoms with Gasteiger partial charge in [0.2, 0.25) is 0 Å². The summed E-state index contributed by atoms with van der Waals surface area (Å²) in [4.78, 5) is 0. The van der Waals surface area contributed by atoms with Crippen LogP contribution in [0.2, 0.25) is 0 Å². The van der Waals surface area contributed by atoms with Crippen molar-refractivity contribution in [3.8, 4) is 0 Å². The molecule has 4 atom stereocenters. The highest BCUT2D eigenvalue weighted by atomic mass is 16.5. The maximum atomic E-state index is 9.71. The second kappa shape index (κ2) is 8.08. The molecule has 0 radical (unpaired) electrons. The van der Waals surface area contributed by atoms with Crippen LogP contribution in [0.5, 0.6) is 0 Å². The lowest BCUT2D eigenvalue weighted by Crippen LogP contribution is -2.37. The Kier molecular flexibility index (Phi) is 8.02. The molecule has 0 aromatic carbocycles. The van der Waals surface area contributed by atoms with E-state index >= 15 is 0 Å². The van der Waals surface area contributed by atoms with Crippen molar-refractivity contribution in [3.05, 3.63) is 0 Å². The van der Waals surface area contributed by atoms with Gasteiger partial charge in [-0.1, -0.05) is 27.7 Å². The molecule has 0 spiro atoms. The quantitative estimate of drug-likeness (QED) is 0.656. The Hall–Kier alpha value is -0.120. The van der Waals surface area contributed by atoms with Crippen molar-refractivity contribution in [1.29, 1.82) is 0 Å². The van der Waals surface area contributed by atoms with E-state index in [0.717, 1.165) is 12.8 Å². The van der Waals surface area contributed by atoms with Gasteiger partial charge in [0.25, 0.3) is 0 Å². The molecular weight excluding hydrogens is 192 g/mol. The van der Waals surface area contributed by atoms with Crippen LogP contribution in [-0.2, 0) is 4.74 Å². The highest BCUT2D eigenvalue weighted by Gasteiger charge is 2.24. The van der Waals surface area contributed by atoms with Crippen molar-refractivity contribution in [1.82, 2.24) is 0 Å². The van der Waals surface area contributed by atoms with Crippen molar-refractivity contribution in [3.63, 3.8) is 0 Å². The fourth-order valence-electron chi connectivity index (χ4n) is 1.67. The summed E-state index contributed by atoms with van der Waals surface area (Å²) in [5.41, 5.74) is 0. The normalized spacial score (nSPS) is 19.6. The van der Waals surface area contributed by atoms with Crippen molar-refractivity contribution in [2.75, 3.05) is 0 Å². The maximum Gasteiger partial charge on any atom is 0.0836 e. The third-order valence-corrected chi connectivity index (χ3v) is 2.85. The third-order valence-electron chi connectivity index (χ3n) is 2.85. The van der Waals surface area contributed by atoms with E-state index < -0.39 is 12.2 Å². The van der Waals surface area contributed by atoms with Crippen LogP contribution >= 0.6 is 0 Å². The van der Waals surface area contributed by atoms with Gasteiger partial charge < -0.3 is 14.9 Å². The SMILES string of the molecule is CCC(O)C(CC)OC(CC)C(O)CC. The van der Waals surface area contributed by atoms with Crippen LogP contribution < -0.4 is 0 Å². The van der Waals surface area contributed by atoms with Gasteiger partial charge in [-0.2, -0.15) is 0 Å². The van der Waals surface area contributed by atoms with E-state index in [1.807, 2.05) is 27.7 Å². The monoisotopic (exact) mass is 218 g/mol. The molecule has 0 heterocycles. The number of ether oxygens (including phenoxy) is 1. The smallest absolute Gasteiger partial charge is 0.0836 e. The molecule has 0 aromatic heterocycles. The summed E-state index contributed by atoms with van der Waals surface area (Å²) >= 11 is 0. The van der Waals surface area contributed by atoms with Crippen LogP contribution in [0.15, 0.2) is 0 Å². The van der Waals surface area contributed by atoms with Crippen LogP contribution in [0.1, 0.15) is 53.4 Å². The molecule has 0 aliphatic heterocycles. The minimum Gasteiger partial charge on any atom is -0.390 e. The lowest BCUT2D eigenvalue weighted by Gasteiger charge is -2.29. The average molecular weight is 218 g/mol. The van der Waals surface area contributed by atoms with Gasteiger partial charge in [0.05, 0.1) is 24.4 Å². The van der Waals surface area contributed by atoms with Gasteiger partial charge in [-0.05, 0) is 25.7 Å². The Morgan fingerprint density at radius 1 is 0.733 bits per heavy atom. The first-order valence-corrected chi connectivity index (χ1v) is 6.12. The van der Waals surface area contributed by atoms with Gasteiger partial charge in [-0.3, -0.25) is 0 Å². The second-order valence-corrected chi connectivity index (χ2v) is 3.98. The van der Waals surface area contributed by atoms with Crippen LogP contribution in [0, 0.1) is 0 Å². The van der Waals surface area contributed by atoms with Gasteiger partial charge in [0.15, 0.2) is 0 Å². The summed E-state index contributed by atoms with van der Waals surface area (Å²) in [7, 11) is 0. The minimum absolute atomic E-state index is 0.152. The zero-order valence-corrected chi connectivity index (χ0v) is 10.4.